The third kappa shape index (κ3) is 1.51. The number of nitrogens with one attached hydrogen (secondary N) is 1. The molecule has 0 aliphatic heterocycles. The monoisotopic (exact) mass is 189 g/mol. The van der Waals surface area contributed by atoms with Gasteiger partial charge in [-0.2, -0.15) is 0 Å². The molecule has 0 spiro atoms. The summed E-state index contributed by atoms with van der Waals surface area (Å²) in [7, 11) is 0. The van der Waals surface area contributed by atoms with E-state index in [2.05, 4.69) is 35.9 Å². The molecule has 0 aliphatic rings. The number of hydrogen-bond donors (Lipinski definition) is 2. The second kappa shape index (κ2) is 3.42. The lowest BCUT2D eigenvalue weighted by Gasteiger charge is -2.02. The van der Waals surface area contributed by atoms with E-state index in [1.165, 1.54) is 5.56 Å². The summed E-state index contributed by atoms with van der Waals surface area (Å²) >= 11 is 0. The SMILES string of the molecule is CC[C@H](N)c1nc2ccc(C)cc2[nH]1. The van der Waals surface area contributed by atoms with Gasteiger partial charge in [0.15, 0.2) is 0 Å². The van der Waals surface area contributed by atoms with E-state index in [9.17, 15) is 0 Å². The van der Waals surface area contributed by atoms with Gasteiger partial charge >= 0.3 is 0 Å². The molecule has 0 fully saturated rings. The molecule has 0 bridgehead atoms. The topological polar surface area (TPSA) is 54.7 Å². The van der Waals surface area contributed by atoms with E-state index in [0.717, 1.165) is 23.3 Å². The van der Waals surface area contributed by atoms with Crippen LogP contribution < -0.4 is 5.73 Å². The van der Waals surface area contributed by atoms with Crippen LogP contribution in [0.4, 0.5) is 0 Å². The molecule has 0 saturated carbocycles. The molecule has 3 N–H and O–H groups in total. The first-order valence-corrected chi connectivity index (χ1v) is 4.92. The molecule has 1 aromatic heterocycles. The normalized spacial score (nSPS) is 13.4. The quantitative estimate of drug-likeness (QED) is 0.761. The summed E-state index contributed by atoms with van der Waals surface area (Å²) in [5.41, 5.74) is 9.20. The first-order valence-electron chi connectivity index (χ1n) is 4.92. The van der Waals surface area contributed by atoms with Gasteiger partial charge in [0.25, 0.3) is 0 Å². The van der Waals surface area contributed by atoms with Crippen molar-refractivity contribution in [2.24, 2.45) is 5.73 Å². The minimum absolute atomic E-state index is 0.0164. The minimum atomic E-state index is 0.0164. The highest BCUT2D eigenvalue weighted by atomic mass is 15.0. The van der Waals surface area contributed by atoms with Crippen LogP contribution in [0.2, 0.25) is 0 Å². The van der Waals surface area contributed by atoms with Crippen molar-refractivity contribution in [1.29, 1.82) is 0 Å². The number of hydrogen-bond acceptors (Lipinski definition) is 2. The molecular formula is C11H15N3. The lowest BCUT2D eigenvalue weighted by atomic mass is 10.2. The molecule has 0 radical (unpaired) electrons. The fraction of sp³-hybridized carbons (Fsp3) is 0.364. The zero-order valence-electron chi connectivity index (χ0n) is 8.54. The zero-order chi connectivity index (χ0) is 10.1. The number of aryl methyl sites for hydroxylation is 1. The van der Waals surface area contributed by atoms with E-state index in [4.69, 9.17) is 5.73 Å². The molecule has 74 valence electrons. The van der Waals surface area contributed by atoms with E-state index in [1.807, 2.05) is 6.07 Å². The summed E-state index contributed by atoms with van der Waals surface area (Å²) in [5.74, 6) is 0.883. The maximum atomic E-state index is 5.90. The van der Waals surface area contributed by atoms with Crippen LogP contribution in [0.15, 0.2) is 18.2 Å². The summed E-state index contributed by atoms with van der Waals surface area (Å²) < 4.78 is 0. The van der Waals surface area contributed by atoms with Gasteiger partial charge in [-0.15, -0.1) is 0 Å². The van der Waals surface area contributed by atoms with E-state index in [0.29, 0.717) is 0 Å². The molecule has 0 aliphatic carbocycles. The Kier molecular flexibility index (Phi) is 2.25. The van der Waals surface area contributed by atoms with Crippen molar-refractivity contribution in [3.05, 3.63) is 29.6 Å². The second-order valence-electron chi connectivity index (χ2n) is 3.66. The Bertz CT molecular complexity index is 445. The van der Waals surface area contributed by atoms with E-state index in [-0.39, 0.29) is 6.04 Å². The maximum absolute atomic E-state index is 5.90. The van der Waals surface area contributed by atoms with Crippen molar-refractivity contribution in [3.8, 4) is 0 Å². The van der Waals surface area contributed by atoms with Crippen LogP contribution in [0, 0.1) is 6.92 Å². The first-order chi connectivity index (χ1) is 6.70. The zero-order valence-corrected chi connectivity index (χ0v) is 8.54. The Labute approximate surface area is 83.3 Å². The summed E-state index contributed by atoms with van der Waals surface area (Å²) in [6.45, 7) is 4.13. The Morgan fingerprint density at radius 3 is 3.00 bits per heavy atom. The number of aromatic nitrogens is 2. The molecule has 1 aromatic carbocycles. The summed E-state index contributed by atoms with van der Waals surface area (Å²) in [4.78, 5) is 7.69. The van der Waals surface area contributed by atoms with Gasteiger partial charge in [-0.1, -0.05) is 13.0 Å². The number of H-pyrrole nitrogens is 1. The number of imidazole rings is 1. The van der Waals surface area contributed by atoms with Gasteiger partial charge in [-0.25, -0.2) is 4.98 Å². The van der Waals surface area contributed by atoms with Crippen molar-refractivity contribution in [2.75, 3.05) is 0 Å². The van der Waals surface area contributed by atoms with Gasteiger partial charge in [-0.05, 0) is 31.0 Å². The van der Waals surface area contributed by atoms with Crippen molar-refractivity contribution in [2.45, 2.75) is 26.3 Å². The fourth-order valence-electron chi connectivity index (χ4n) is 1.51. The van der Waals surface area contributed by atoms with Gasteiger partial charge in [0.1, 0.15) is 5.82 Å². The molecule has 0 saturated heterocycles. The van der Waals surface area contributed by atoms with E-state index >= 15 is 0 Å². The summed E-state index contributed by atoms with van der Waals surface area (Å²) in [5, 5.41) is 0. The van der Waals surface area contributed by atoms with Gasteiger partial charge < -0.3 is 10.7 Å². The van der Waals surface area contributed by atoms with Gasteiger partial charge in [0.05, 0.1) is 17.1 Å². The number of nitrogens with two attached hydrogens (primary N) is 1. The predicted octanol–water partition coefficient (Wildman–Crippen LogP) is 2.28. The lowest BCUT2D eigenvalue weighted by Crippen LogP contribution is -2.10. The summed E-state index contributed by atoms with van der Waals surface area (Å²) in [6.07, 6.45) is 0.902. The second-order valence-corrected chi connectivity index (χ2v) is 3.66. The number of aromatic amines is 1. The summed E-state index contributed by atoms with van der Waals surface area (Å²) in [6, 6.07) is 6.19. The van der Waals surface area contributed by atoms with Crippen molar-refractivity contribution in [3.63, 3.8) is 0 Å². The van der Waals surface area contributed by atoms with Gasteiger partial charge in [0.2, 0.25) is 0 Å². The predicted molar refractivity (Wildman–Crippen MR) is 58.1 cm³/mol. The number of rotatable bonds is 2. The minimum Gasteiger partial charge on any atom is -0.341 e. The van der Waals surface area contributed by atoms with Gasteiger partial charge in [-0.3, -0.25) is 0 Å². The van der Waals surface area contributed by atoms with Crippen LogP contribution in [-0.2, 0) is 0 Å². The average molecular weight is 189 g/mol. The highest BCUT2D eigenvalue weighted by Gasteiger charge is 2.08. The van der Waals surface area contributed by atoms with Crippen LogP contribution in [-0.4, -0.2) is 9.97 Å². The smallest absolute Gasteiger partial charge is 0.124 e. The van der Waals surface area contributed by atoms with Crippen LogP contribution >= 0.6 is 0 Å². The Balaban J connectivity index is 2.51. The first kappa shape index (κ1) is 9.21. The van der Waals surface area contributed by atoms with Crippen molar-refractivity contribution < 1.29 is 0 Å². The van der Waals surface area contributed by atoms with Crippen LogP contribution in [0.3, 0.4) is 0 Å². The third-order valence-corrected chi connectivity index (χ3v) is 2.45. The highest BCUT2D eigenvalue weighted by Crippen LogP contribution is 2.17. The Morgan fingerprint density at radius 2 is 2.29 bits per heavy atom. The number of benzene rings is 1. The molecule has 3 heteroatoms. The maximum Gasteiger partial charge on any atom is 0.124 e. The number of nitrogens with zero attached hydrogens (tertiary/aromatic N) is 1. The molecule has 2 rings (SSSR count). The molecule has 1 atom stereocenters. The van der Waals surface area contributed by atoms with E-state index < -0.39 is 0 Å². The van der Waals surface area contributed by atoms with Gasteiger partial charge in [0, 0.05) is 0 Å². The van der Waals surface area contributed by atoms with Crippen LogP contribution in [0.25, 0.3) is 11.0 Å². The molecule has 0 amide bonds. The molecule has 2 aromatic rings. The molecule has 0 unspecified atom stereocenters. The third-order valence-electron chi connectivity index (χ3n) is 2.45. The van der Waals surface area contributed by atoms with Crippen LogP contribution in [0.5, 0.6) is 0 Å². The standard InChI is InChI=1S/C11H15N3/c1-3-8(12)11-13-9-5-4-7(2)6-10(9)14-11/h4-6,8H,3,12H2,1-2H3,(H,13,14)/t8-/m0/s1. The molecular weight excluding hydrogens is 174 g/mol. The largest absolute Gasteiger partial charge is 0.341 e. The molecule has 14 heavy (non-hydrogen) atoms. The fourth-order valence-corrected chi connectivity index (χ4v) is 1.51. The van der Waals surface area contributed by atoms with Crippen molar-refractivity contribution >= 4 is 11.0 Å². The molecule has 1 heterocycles. The molecule has 3 nitrogen and oxygen atoms in total. The average Bonchev–Trinajstić information content (AvgIpc) is 2.59. The highest BCUT2D eigenvalue weighted by molar-refractivity contribution is 5.75. The van der Waals surface area contributed by atoms with Crippen molar-refractivity contribution in [1.82, 2.24) is 9.97 Å². The Morgan fingerprint density at radius 1 is 1.50 bits per heavy atom. The van der Waals surface area contributed by atoms with E-state index in [1.54, 1.807) is 0 Å². The lowest BCUT2D eigenvalue weighted by molar-refractivity contribution is 0.660. The number of fused-ring (bicyclic) bond motifs is 1. The Hall–Kier alpha value is -1.35. The van der Waals surface area contributed by atoms with Crippen LogP contribution in [0.1, 0.15) is 30.8 Å².